The zero-order valence-corrected chi connectivity index (χ0v) is 15.7. The topological polar surface area (TPSA) is 94.7 Å². The molecule has 0 saturated heterocycles. The number of nitrogens with zero attached hydrogens (tertiary/aromatic N) is 4. The number of nitrogens with one attached hydrogen (secondary N) is 1. The molecule has 4 rings (SSSR count). The minimum atomic E-state index is -0.509. The molecule has 27 heavy (non-hydrogen) atoms. The molecule has 9 heteroatoms. The number of hydrogen-bond acceptors (Lipinski definition) is 4. The Bertz CT molecular complexity index is 1360. The van der Waals surface area contributed by atoms with Crippen molar-refractivity contribution >= 4 is 39.5 Å². The van der Waals surface area contributed by atoms with Crippen molar-refractivity contribution in [3.63, 3.8) is 0 Å². The van der Waals surface area contributed by atoms with Crippen molar-refractivity contribution in [2.24, 2.45) is 14.1 Å². The molecule has 3 heterocycles. The molecule has 138 valence electrons. The van der Waals surface area contributed by atoms with Gasteiger partial charge < -0.3 is 9.55 Å². The van der Waals surface area contributed by atoms with Crippen molar-refractivity contribution in [2.45, 2.75) is 13.5 Å². The Morgan fingerprint density at radius 2 is 1.96 bits per heavy atom. The highest BCUT2D eigenvalue weighted by molar-refractivity contribution is 6.35. The number of imidazole rings is 1. The van der Waals surface area contributed by atoms with Gasteiger partial charge in [0.05, 0.1) is 6.54 Å². The minimum Gasteiger partial charge on any atom is -0.357 e. The predicted octanol–water partition coefficient (Wildman–Crippen LogP) is 1.82. The molecule has 8 nitrogen and oxygen atoms in total. The number of ketones is 1. The third kappa shape index (κ3) is 2.52. The molecular formula is C18H16ClN5O3. The van der Waals surface area contributed by atoms with E-state index in [0.29, 0.717) is 10.7 Å². The number of halogens is 1. The first-order valence-electron chi connectivity index (χ1n) is 8.23. The zero-order valence-electron chi connectivity index (χ0n) is 14.9. The number of rotatable bonds is 3. The van der Waals surface area contributed by atoms with Crippen LogP contribution in [0.3, 0.4) is 0 Å². The number of carbonyl (C=O) groups excluding carboxylic acids is 1. The number of fused-ring (bicyclic) bond motifs is 2. The molecule has 0 saturated carbocycles. The fraction of sp³-hybridized carbons (Fsp3) is 0.222. The van der Waals surface area contributed by atoms with Crippen molar-refractivity contribution in [3.05, 3.63) is 61.6 Å². The maximum atomic E-state index is 13.0. The summed E-state index contributed by atoms with van der Waals surface area (Å²) in [6, 6.07) is 7.28. The monoisotopic (exact) mass is 385 g/mol. The number of Topliss-reactive ketones (excluding diaryl/α,β-unsaturated/α-hetero) is 1. The number of benzene rings is 1. The molecule has 1 N–H and O–H groups in total. The molecule has 1 aromatic carbocycles. The van der Waals surface area contributed by atoms with Crippen LogP contribution in [0.1, 0.15) is 23.2 Å². The van der Waals surface area contributed by atoms with Crippen LogP contribution in [-0.4, -0.2) is 29.5 Å². The molecule has 0 amide bonds. The van der Waals surface area contributed by atoms with Crippen molar-refractivity contribution in [3.8, 4) is 0 Å². The van der Waals surface area contributed by atoms with Crippen molar-refractivity contribution in [2.75, 3.05) is 0 Å². The quantitative estimate of drug-likeness (QED) is 0.544. The summed E-state index contributed by atoms with van der Waals surface area (Å²) >= 11 is 6.19. The fourth-order valence-corrected chi connectivity index (χ4v) is 3.56. The van der Waals surface area contributed by atoms with E-state index in [0.717, 1.165) is 15.5 Å². The summed E-state index contributed by atoms with van der Waals surface area (Å²) < 4.78 is 3.82. The van der Waals surface area contributed by atoms with E-state index >= 15 is 0 Å². The molecule has 0 atom stereocenters. The number of hydrogen-bond donors (Lipinski definition) is 1. The van der Waals surface area contributed by atoms with Crippen LogP contribution in [0.2, 0.25) is 5.02 Å². The van der Waals surface area contributed by atoms with Gasteiger partial charge >= 0.3 is 5.69 Å². The highest BCUT2D eigenvalue weighted by Gasteiger charge is 2.20. The summed E-state index contributed by atoms with van der Waals surface area (Å²) in [7, 11) is 3.12. The Labute approximate surface area is 157 Å². The number of H-pyrrole nitrogens is 1. The van der Waals surface area contributed by atoms with Gasteiger partial charge in [0.2, 0.25) is 0 Å². The van der Waals surface area contributed by atoms with Gasteiger partial charge in [0.25, 0.3) is 5.56 Å². The normalized spacial score (nSPS) is 11.6. The standard InChI is InChI=1S/C18H16ClN5O3/c1-9(25)15-21-16-14(22(15)2)17(26)24(18(27)23(16)3)8-10-7-11-12(19)5-4-6-13(11)20-10/h4-7,20H,8H2,1-3H3. The molecule has 0 aliphatic rings. The van der Waals surface area contributed by atoms with Crippen LogP contribution < -0.4 is 11.2 Å². The first kappa shape index (κ1) is 17.3. The number of aromatic nitrogens is 5. The third-order valence-corrected chi connectivity index (χ3v) is 5.00. The second-order valence-electron chi connectivity index (χ2n) is 6.45. The second kappa shape index (κ2) is 5.95. The fourth-order valence-electron chi connectivity index (χ4n) is 3.33. The van der Waals surface area contributed by atoms with Gasteiger partial charge in [-0.2, -0.15) is 0 Å². The molecule has 3 aromatic heterocycles. The third-order valence-electron chi connectivity index (χ3n) is 4.67. The van der Waals surface area contributed by atoms with E-state index in [-0.39, 0.29) is 29.3 Å². The largest absolute Gasteiger partial charge is 0.357 e. The van der Waals surface area contributed by atoms with Gasteiger partial charge in [0.15, 0.2) is 22.8 Å². The Morgan fingerprint density at radius 3 is 2.63 bits per heavy atom. The van der Waals surface area contributed by atoms with Crippen LogP contribution >= 0.6 is 11.6 Å². The van der Waals surface area contributed by atoms with Crippen molar-refractivity contribution < 1.29 is 4.79 Å². The molecule has 0 bridgehead atoms. The molecular weight excluding hydrogens is 370 g/mol. The van der Waals surface area contributed by atoms with E-state index < -0.39 is 11.2 Å². The van der Waals surface area contributed by atoms with Gasteiger partial charge in [-0.1, -0.05) is 17.7 Å². The first-order valence-corrected chi connectivity index (χ1v) is 8.60. The van der Waals surface area contributed by atoms with Crippen molar-refractivity contribution in [1.29, 1.82) is 0 Å². The summed E-state index contributed by atoms with van der Waals surface area (Å²) in [5, 5.41) is 1.41. The molecule has 0 aliphatic heterocycles. The predicted molar refractivity (Wildman–Crippen MR) is 103 cm³/mol. The molecule has 0 radical (unpaired) electrons. The molecule has 0 aliphatic carbocycles. The Kier molecular flexibility index (Phi) is 3.81. The van der Waals surface area contributed by atoms with Crippen LogP contribution in [-0.2, 0) is 20.6 Å². The summed E-state index contributed by atoms with van der Waals surface area (Å²) in [6.45, 7) is 1.42. The number of aryl methyl sites for hydroxylation is 2. The van der Waals surface area contributed by atoms with E-state index in [2.05, 4.69) is 9.97 Å². The minimum absolute atomic E-state index is 0.0487. The summed E-state index contributed by atoms with van der Waals surface area (Å²) in [5.41, 5.74) is 0.879. The smallest absolute Gasteiger partial charge is 0.332 e. The summed E-state index contributed by atoms with van der Waals surface area (Å²) in [6.07, 6.45) is 0. The van der Waals surface area contributed by atoms with Gasteiger partial charge in [-0.25, -0.2) is 9.78 Å². The van der Waals surface area contributed by atoms with Crippen LogP contribution in [0, 0.1) is 0 Å². The molecule has 0 fully saturated rings. The average molecular weight is 386 g/mol. The lowest BCUT2D eigenvalue weighted by molar-refractivity contribution is 0.100. The molecule has 0 spiro atoms. The average Bonchev–Trinajstić information content (AvgIpc) is 3.19. The van der Waals surface area contributed by atoms with E-state index in [4.69, 9.17) is 11.6 Å². The van der Waals surface area contributed by atoms with Gasteiger partial charge in [-0.15, -0.1) is 0 Å². The maximum Gasteiger partial charge on any atom is 0.332 e. The summed E-state index contributed by atoms with van der Waals surface area (Å²) in [4.78, 5) is 44.8. The Morgan fingerprint density at radius 1 is 1.22 bits per heavy atom. The first-order chi connectivity index (χ1) is 12.8. The van der Waals surface area contributed by atoms with Gasteiger partial charge in [-0.05, 0) is 18.2 Å². The Hall–Kier alpha value is -3.13. The second-order valence-corrected chi connectivity index (χ2v) is 6.86. The highest BCUT2D eigenvalue weighted by Crippen LogP contribution is 2.24. The number of aromatic amines is 1. The van der Waals surface area contributed by atoms with Gasteiger partial charge in [0, 0.05) is 42.6 Å². The van der Waals surface area contributed by atoms with Crippen LogP contribution in [0.4, 0.5) is 0 Å². The summed E-state index contributed by atoms with van der Waals surface area (Å²) in [5.74, 6) is -0.149. The maximum absolute atomic E-state index is 13.0. The van der Waals surface area contributed by atoms with Crippen LogP contribution in [0.5, 0.6) is 0 Å². The lowest BCUT2D eigenvalue weighted by Crippen LogP contribution is -2.39. The Balaban J connectivity index is 1.94. The van der Waals surface area contributed by atoms with Gasteiger partial charge in [0.1, 0.15) is 0 Å². The zero-order chi connectivity index (χ0) is 19.5. The SMILES string of the molecule is CC(=O)c1nc2c(c(=O)n(Cc3cc4c(Cl)cccc4[nH]3)c(=O)n2C)n1C. The lowest BCUT2D eigenvalue weighted by atomic mass is 10.2. The van der Waals surface area contributed by atoms with E-state index in [1.165, 1.54) is 23.1 Å². The highest BCUT2D eigenvalue weighted by atomic mass is 35.5. The van der Waals surface area contributed by atoms with E-state index in [1.54, 1.807) is 13.1 Å². The van der Waals surface area contributed by atoms with Crippen LogP contribution in [0.15, 0.2) is 33.9 Å². The van der Waals surface area contributed by atoms with Crippen LogP contribution in [0.25, 0.3) is 22.1 Å². The number of carbonyl (C=O) groups is 1. The lowest BCUT2D eigenvalue weighted by Gasteiger charge is -2.07. The van der Waals surface area contributed by atoms with Gasteiger partial charge in [-0.3, -0.25) is 18.7 Å². The van der Waals surface area contributed by atoms with Crippen molar-refractivity contribution in [1.82, 2.24) is 23.7 Å². The van der Waals surface area contributed by atoms with E-state index in [9.17, 15) is 14.4 Å². The van der Waals surface area contributed by atoms with E-state index in [1.807, 2.05) is 18.2 Å². The molecule has 0 unspecified atom stereocenters. The molecule has 4 aromatic rings.